The number of pyridine rings is 1. The lowest BCUT2D eigenvalue weighted by molar-refractivity contribution is 0.271. The van der Waals surface area contributed by atoms with Gasteiger partial charge < -0.3 is 10.4 Å². The highest BCUT2D eigenvalue weighted by Crippen LogP contribution is 2.21. The summed E-state index contributed by atoms with van der Waals surface area (Å²) in [5.74, 6) is 0.900. The number of aryl methyl sites for hydroxylation is 2. The van der Waals surface area contributed by atoms with Crippen LogP contribution >= 0.6 is 0 Å². The fraction of sp³-hybridized carbons (Fsp3) is 0.583. The second-order valence-corrected chi connectivity index (χ2v) is 4.09. The number of hydrogen-bond acceptors (Lipinski definition) is 3. The standard InChI is InChI=1S/C12H18N2O/c1-2-10(8-15)13-12-7-6-9-4-3-5-11(9)14-12/h6-7,10,15H,2-5,8H2,1H3,(H,13,14). The van der Waals surface area contributed by atoms with Crippen molar-refractivity contribution in [2.75, 3.05) is 11.9 Å². The Bertz CT molecular complexity index is 334. The fourth-order valence-corrected chi connectivity index (χ4v) is 1.99. The number of aliphatic hydroxyl groups is 1. The molecule has 2 rings (SSSR count). The Morgan fingerprint density at radius 2 is 2.33 bits per heavy atom. The van der Waals surface area contributed by atoms with E-state index in [0.29, 0.717) is 0 Å². The molecule has 1 atom stereocenters. The quantitative estimate of drug-likeness (QED) is 0.789. The first-order chi connectivity index (χ1) is 7.33. The van der Waals surface area contributed by atoms with Crippen LogP contribution in [0.25, 0.3) is 0 Å². The van der Waals surface area contributed by atoms with Gasteiger partial charge in [0.2, 0.25) is 0 Å². The predicted octanol–water partition coefficient (Wildman–Crippen LogP) is 1.75. The molecule has 3 heteroatoms. The Kier molecular flexibility index (Phi) is 3.21. The van der Waals surface area contributed by atoms with Crippen LogP contribution in [0.4, 0.5) is 5.82 Å². The number of aliphatic hydroxyl groups excluding tert-OH is 1. The summed E-state index contributed by atoms with van der Waals surface area (Å²) in [6.07, 6.45) is 4.40. The maximum absolute atomic E-state index is 9.09. The van der Waals surface area contributed by atoms with E-state index in [1.165, 1.54) is 24.1 Å². The molecule has 3 nitrogen and oxygen atoms in total. The number of anilines is 1. The maximum Gasteiger partial charge on any atom is 0.126 e. The third-order valence-corrected chi connectivity index (χ3v) is 2.99. The molecule has 1 unspecified atom stereocenters. The van der Waals surface area contributed by atoms with Crippen molar-refractivity contribution in [3.05, 3.63) is 23.4 Å². The van der Waals surface area contributed by atoms with Gasteiger partial charge >= 0.3 is 0 Å². The summed E-state index contributed by atoms with van der Waals surface area (Å²) < 4.78 is 0. The molecule has 0 aliphatic heterocycles. The van der Waals surface area contributed by atoms with Crippen LogP contribution in [0.5, 0.6) is 0 Å². The molecule has 82 valence electrons. The number of nitrogens with zero attached hydrogens (tertiary/aromatic N) is 1. The normalized spacial score (nSPS) is 16.1. The summed E-state index contributed by atoms with van der Waals surface area (Å²) in [4.78, 5) is 4.57. The van der Waals surface area contributed by atoms with Crippen LogP contribution in [0, 0.1) is 0 Å². The molecule has 0 fully saturated rings. The highest BCUT2D eigenvalue weighted by molar-refractivity contribution is 5.41. The third kappa shape index (κ3) is 2.29. The molecular weight excluding hydrogens is 188 g/mol. The Labute approximate surface area is 90.5 Å². The SMILES string of the molecule is CCC(CO)Nc1ccc2c(n1)CCC2. The Balaban J connectivity index is 2.09. The van der Waals surface area contributed by atoms with Crippen LogP contribution < -0.4 is 5.32 Å². The summed E-state index contributed by atoms with van der Waals surface area (Å²) >= 11 is 0. The first kappa shape index (κ1) is 10.4. The van der Waals surface area contributed by atoms with Crippen molar-refractivity contribution in [1.29, 1.82) is 0 Å². The van der Waals surface area contributed by atoms with E-state index in [1.807, 2.05) is 6.07 Å². The largest absolute Gasteiger partial charge is 0.394 e. The highest BCUT2D eigenvalue weighted by Gasteiger charge is 2.13. The maximum atomic E-state index is 9.09. The van der Waals surface area contributed by atoms with Gasteiger partial charge in [-0.2, -0.15) is 0 Å². The number of nitrogens with one attached hydrogen (secondary N) is 1. The van der Waals surface area contributed by atoms with Gasteiger partial charge in [0.15, 0.2) is 0 Å². The van der Waals surface area contributed by atoms with Crippen LogP contribution in [-0.2, 0) is 12.8 Å². The van der Waals surface area contributed by atoms with E-state index in [-0.39, 0.29) is 12.6 Å². The van der Waals surface area contributed by atoms with Crippen LogP contribution in [0.15, 0.2) is 12.1 Å². The van der Waals surface area contributed by atoms with Crippen molar-refractivity contribution in [1.82, 2.24) is 4.98 Å². The molecule has 0 saturated carbocycles. The molecule has 1 aliphatic rings. The van der Waals surface area contributed by atoms with Crippen LogP contribution in [0.3, 0.4) is 0 Å². The summed E-state index contributed by atoms with van der Waals surface area (Å²) in [5.41, 5.74) is 2.62. The van der Waals surface area contributed by atoms with Crippen LogP contribution in [0.1, 0.15) is 31.0 Å². The monoisotopic (exact) mass is 206 g/mol. The minimum atomic E-state index is 0.122. The van der Waals surface area contributed by atoms with E-state index in [9.17, 15) is 0 Å². The number of rotatable bonds is 4. The molecule has 0 aromatic carbocycles. The molecule has 1 heterocycles. The van der Waals surface area contributed by atoms with Crippen molar-refractivity contribution in [2.45, 2.75) is 38.6 Å². The predicted molar refractivity (Wildman–Crippen MR) is 61.0 cm³/mol. The molecule has 0 amide bonds. The van der Waals surface area contributed by atoms with Gasteiger partial charge in [-0.25, -0.2) is 4.98 Å². The average molecular weight is 206 g/mol. The van der Waals surface area contributed by atoms with Gasteiger partial charge in [0, 0.05) is 5.69 Å². The molecule has 1 aromatic heterocycles. The second-order valence-electron chi connectivity index (χ2n) is 4.09. The summed E-state index contributed by atoms with van der Waals surface area (Å²) in [6.45, 7) is 2.22. The topological polar surface area (TPSA) is 45.1 Å². The molecule has 0 bridgehead atoms. The van der Waals surface area contributed by atoms with E-state index in [1.54, 1.807) is 0 Å². The third-order valence-electron chi connectivity index (χ3n) is 2.99. The number of hydrogen-bond donors (Lipinski definition) is 2. The Morgan fingerprint density at radius 3 is 3.07 bits per heavy atom. The van der Waals surface area contributed by atoms with E-state index in [0.717, 1.165) is 18.7 Å². The van der Waals surface area contributed by atoms with Crippen LogP contribution in [-0.4, -0.2) is 22.7 Å². The second kappa shape index (κ2) is 4.62. The smallest absolute Gasteiger partial charge is 0.126 e. The lowest BCUT2D eigenvalue weighted by Gasteiger charge is -2.15. The van der Waals surface area contributed by atoms with Crippen molar-refractivity contribution in [3.63, 3.8) is 0 Å². The minimum absolute atomic E-state index is 0.122. The van der Waals surface area contributed by atoms with E-state index in [4.69, 9.17) is 5.11 Å². The summed E-state index contributed by atoms with van der Waals surface area (Å²) in [5, 5.41) is 12.3. The van der Waals surface area contributed by atoms with Crippen molar-refractivity contribution in [2.24, 2.45) is 0 Å². The highest BCUT2D eigenvalue weighted by atomic mass is 16.3. The van der Waals surface area contributed by atoms with Crippen molar-refractivity contribution >= 4 is 5.82 Å². The van der Waals surface area contributed by atoms with Gasteiger partial charge in [-0.3, -0.25) is 0 Å². The fourth-order valence-electron chi connectivity index (χ4n) is 1.99. The zero-order valence-electron chi connectivity index (χ0n) is 9.16. The number of aromatic nitrogens is 1. The lowest BCUT2D eigenvalue weighted by Crippen LogP contribution is -2.23. The van der Waals surface area contributed by atoms with E-state index >= 15 is 0 Å². The molecule has 2 N–H and O–H groups in total. The molecular formula is C12H18N2O. The van der Waals surface area contributed by atoms with Gasteiger partial charge in [-0.15, -0.1) is 0 Å². The molecule has 1 aliphatic carbocycles. The zero-order chi connectivity index (χ0) is 10.7. The molecule has 0 radical (unpaired) electrons. The first-order valence-corrected chi connectivity index (χ1v) is 5.69. The van der Waals surface area contributed by atoms with E-state index < -0.39 is 0 Å². The van der Waals surface area contributed by atoms with Crippen LogP contribution in [0.2, 0.25) is 0 Å². The average Bonchev–Trinajstić information content (AvgIpc) is 2.73. The van der Waals surface area contributed by atoms with Gasteiger partial charge in [0.25, 0.3) is 0 Å². The van der Waals surface area contributed by atoms with E-state index in [2.05, 4.69) is 23.3 Å². The van der Waals surface area contributed by atoms with Gasteiger partial charge in [-0.05, 0) is 37.3 Å². The van der Waals surface area contributed by atoms with Crippen molar-refractivity contribution in [3.8, 4) is 0 Å². The van der Waals surface area contributed by atoms with Crippen molar-refractivity contribution < 1.29 is 5.11 Å². The molecule has 0 spiro atoms. The number of fused-ring (bicyclic) bond motifs is 1. The first-order valence-electron chi connectivity index (χ1n) is 5.69. The molecule has 1 aromatic rings. The Morgan fingerprint density at radius 1 is 1.47 bits per heavy atom. The zero-order valence-corrected chi connectivity index (χ0v) is 9.16. The molecule has 15 heavy (non-hydrogen) atoms. The summed E-state index contributed by atoms with van der Waals surface area (Å²) in [7, 11) is 0. The molecule has 0 saturated heterocycles. The lowest BCUT2D eigenvalue weighted by atomic mass is 10.2. The van der Waals surface area contributed by atoms with Gasteiger partial charge in [0.1, 0.15) is 5.82 Å². The Hall–Kier alpha value is -1.09. The minimum Gasteiger partial charge on any atom is -0.394 e. The van der Waals surface area contributed by atoms with Gasteiger partial charge in [0.05, 0.1) is 12.6 Å². The van der Waals surface area contributed by atoms with Gasteiger partial charge in [-0.1, -0.05) is 13.0 Å². The summed E-state index contributed by atoms with van der Waals surface area (Å²) in [6, 6.07) is 4.29.